The number of nitrogens with zero attached hydrogens (tertiary/aromatic N) is 1. The molecule has 0 bridgehead atoms. The first-order valence-electron chi connectivity index (χ1n) is 8.86. The van der Waals surface area contributed by atoms with Gasteiger partial charge in [-0.3, -0.25) is 19.8 Å². The summed E-state index contributed by atoms with van der Waals surface area (Å²) in [4.78, 5) is 25.6. The van der Waals surface area contributed by atoms with Crippen LogP contribution in [0.25, 0.3) is 0 Å². The van der Waals surface area contributed by atoms with Crippen LogP contribution in [0.3, 0.4) is 0 Å². The zero-order chi connectivity index (χ0) is 16.5. The first-order chi connectivity index (χ1) is 11.7. The number of rotatable bonds is 3. The Morgan fingerprint density at radius 3 is 2.79 bits per heavy atom. The van der Waals surface area contributed by atoms with Crippen molar-refractivity contribution in [2.24, 2.45) is 0 Å². The van der Waals surface area contributed by atoms with Gasteiger partial charge in [0.25, 0.3) is 0 Å². The SMILES string of the molecule is O=C1CCC(N2Cc3ccc(N[C@@H]4CCCNC4)cc3C2)C(=O)N1. The minimum absolute atomic E-state index is 0.148. The predicted molar refractivity (Wildman–Crippen MR) is 91.4 cm³/mol. The molecule has 3 heterocycles. The van der Waals surface area contributed by atoms with E-state index in [0.29, 0.717) is 18.9 Å². The van der Waals surface area contributed by atoms with Gasteiger partial charge in [0.05, 0.1) is 6.04 Å². The number of piperidine rings is 2. The molecule has 4 rings (SSSR count). The maximum atomic E-state index is 12.1. The van der Waals surface area contributed by atoms with Gasteiger partial charge in [-0.05, 0) is 49.1 Å². The Bertz CT molecular complexity index is 654. The fraction of sp³-hybridized carbons (Fsp3) is 0.556. The van der Waals surface area contributed by atoms with Crippen LogP contribution < -0.4 is 16.0 Å². The lowest BCUT2D eigenvalue weighted by Gasteiger charge is -2.29. The highest BCUT2D eigenvalue weighted by atomic mass is 16.2. The van der Waals surface area contributed by atoms with Crippen LogP contribution in [0.2, 0.25) is 0 Å². The number of anilines is 1. The molecule has 2 atom stereocenters. The zero-order valence-electron chi connectivity index (χ0n) is 13.8. The van der Waals surface area contributed by atoms with Crippen molar-refractivity contribution in [3.05, 3.63) is 29.3 Å². The highest BCUT2D eigenvalue weighted by molar-refractivity contribution is 6.00. The van der Waals surface area contributed by atoms with Gasteiger partial charge in [-0.1, -0.05) is 6.07 Å². The highest BCUT2D eigenvalue weighted by Crippen LogP contribution is 2.29. The minimum Gasteiger partial charge on any atom is -0.381 e. The van der Waals surface area contributed by atoms with Crippen LogP contribution in [0.4, 0.5) is 5.69 Å². The van der Waals surface area contributed by atoms with E-state index in [-0.39, 0.29) is 17.9 Å². The maximum Gasteiger partial charge on any atom is 0.243 e. The summed E-state index contributed by atoms with van der Waals surface area (Å²) in [6, 6.07) is 6.83. The smallest absolute Gasteiger partial charge is 0.243 e. The maximum absolute atomic E-state index is 12.1. The highest BCUT2D eigenvalue weighted by Gasteiger charge is 2.34. The molecular weight excluding hydrogens is 304 g/mol. The molecule has 1 aromatic rings. The average Bonchev–Trinajstić information content (AvgIpc) is 2.98. The van der Waals surface area contributed by atoms with Crippen molar-refractivity contribution in [3.8, 4) is 0 Å². The number of imide groups is 1. The Morgan fingerprint density at radius 2 is 2.00 bits per heavy atom. The van der Waals surface area contributed by atoms with Crippen LogP contribution in [-0.4, -0.2) is 41.9 Å². The fourth-order valence-corrected chi connectivity index (χ4v) is 3.97. The number of nitrogens with one attached hydrogen (secondary N) is 3. The van der Waals surface area contributed by atoms with E-state index in [0.717, 1.165) is 31.9 Å². The van der Waals surface area contributed by atoms with Gasteiger partial charge in [0.2, 0.25) is 11.8 Å². The van der Waals surface area contributed by atoms with Crippen molar-refractivity contribution in [1.29, 1.82) is 0 Å². The number of amides is 2. The first kappa shape index (κ1) is 15.6. The summed E-state index contributed by atoms with van der Waals surface area (Å²) in [5.41, 5.74) is 3.73. The molecule has 0 aromatic heterocycles. The first-order valence-corrected chi connectivity index (χ1v) is 8.86. The molecule has 2 amide bonds. The Labute approximate surface area is 142 Å². The molecule has 3 aliphatic heterocycles. The van der Waals surface area contributed by atoms with Crippen LogP contribution in [-0.2, 0) is 22.7 Å². The number of hydrogen-bond acceptors (Lipinski definition) is 5. The lowest BCUT2D eigenvalue weighted by atomic mass is 10.0. The average molecular weight is 328 g/mol. The van der Waals surface area contributed by atoms with Crippen molar-refractivity contribution in [3.63, 3.8) is 0 Å². The van der Waals surface area contributed by atoms with Gasteiger partial charge in [0, 0.05) is 37.8 Å². The molecule has 128 valence electrons. The van der Waals surface area contributed by atoms with Crippen LogP contribution in [0, 0.1) is 0 Å². The van der Waals surface area contributed by atoms with E-state index < -0.39 is 0 Å². The largest absolute Gasteiger partial charge is 0.381 e. The molecular formula is C18H24N4O2. The quantitative estimate of drug-likeness (QED) is 0.721. The summed E-state index contributed by atoms with van der Waals surface area (Å²) in [5.74, 6) is -0.300. The number of carbonyl (C=O) groups is 2. The van der Waals surface area contributed by atoms with Crippen LogP contribution in [0.5, 0.6) is 0 Å². The van der Waals surface area contributed by atoms with Crippen LogP contribution in [0.15, 0.2) is 18.2 Å². The summed E-state index contributed by atoms with van der Waals surface area (Å²) < 4.78 is 0. The lowest BCUT2D eigenvalue weighted by Crippen LogP contribution is -2.50. The van der Waals surface area contributed by atoms with Gasteiger partial charge in [-0.2, -0.15) is 0 Å². The predicted octanol–water partition coefficient (Wildman–Crippen LogP) is 0.971. The molecule has 2 saturated heterocycles. The van der Waals surface area contributed by atoms with Crippen molar-refractivity contribution < 1.29 is 9.59 Å². The molecule has 0 radical (unpaired) electrons. The third-order valence-corrected chi connectivity index (χ3v) is 5.27. The molecule has 0 aliphatic carbocycles. The van der Waals surface area contributed by atoms with E-state index in [9.17, 15) is 9.59 Å². The number of fused-ring (bicyclic) bond motifs is 1. The van der Waals surface area contributed by atoms with Gasteiger partial charge in [-0.15, -0.1) is 0 Å². The van der Waals surface area contributed by atoms with Gasteiger partial charge >= 0.3 is 0 Å². The van der Waals surface area contributed by atoms with E-state index in [1.807, 2.05) is 0 Å². The number of carbonyl (C=O) groups excluding carboxylic acids is 2. The molecule has 24 heavy (non-hydrogen) atoms. The summed E-state index contributed by atoms with van der Waals surface area (Å²) >= 11 is 0. The second kappa shape index (κ2) is 6.53. The Morgan fingerprint density at radius 1 is 1.12 bits per heavy atom. The Hall–Kier alpha value is -1.92. The molecule has 6 nitrogen and oxygen atoms in total. The van der Waals surface area contributed by atoms with Crippen LogP contribution in [0.1, 0.15) is 36.8 Å². The summed E-state index contributed by atoms with van der Waals surface area (Å²) in [6.45, 7) is 3.69. The summed E-state index contributed by atoms with van der Waals surface area (Å²) in [7, 11) is 0. The Kier molecular flexibility index (Phi) is 4.24. The third kappa shape index (κ3) is 3.16. The second-order valence-electron chi connectivity index (χ2n) is 7.04. The third-order valence-electron chi connectivity index (χ3n) is 5.27. The van der Waals surface area contributed by atoms with Gasteiger partial charge in [0.15, 0.2) is 0 Å². The molecule has 2 fully saturated rings. The summed E-state index contributed by atoms with van der Waals surface area (Å²) in [6.07, 6.45) is 3.47. The molecule has 3 aliphatic rings. The van der Waals surface area contributed by atoms with E-state index in [2.05, 4.69) is 39.0 Å². The number of benzene rings is 1. The zero-order valence-corrected chi connectivity index (χ0v) is 13.8. The van der Waals surface area contributed by atoms with Crippen molar-refractivity contribution in [2.75, 3.05) is 18.4 Å². The second-order valence-corrected chi connectivity index (χ2v) is 7.04. The standard InChI is InChI=1S/C18H24N4O2/c23-17-6-5-16(18(24)21-17)22-10-12-3-4-14(8-13(12)11-22)20-15-2-1-7-19-9-15/h3-4,8,15-16,19-20H,1-2,5-7,9-11H2,(H,21,23,24)/t15-,16?/m1/s1. The van der Waals surface area contributed by atoms with Gasteiger partial charge in [-0.25, -0.2) is 0 Å². The van der Waals surface area contributed by atoms with Gasteiger partial charge < -0.3 is 10.6 Å². The molecule has 1 unspecified atom stereocenters. The fourth-order valence-electron chi connectivity index (χ4n) is 3.97. The monoisotopic (exact) mass is 328 g/mol. The van der Waals surface area contributed by atoms with E-state index in [1.165, 1.54) is 24.0 Å². The molecule has 3 N–H and O–H groups in total. The topological polar surface area (TPSA) is 73.5 Å². The lowest BCUT2D eigenvalue weighted by molar-refractivity contribution is -0.137. The molecule has 6 heteroatoms. The van der Waals surface area contributed by atoms with Gasteiger partial charge in [0.1, 0.15) is 0 Å². The van der Waals surface area contributed by atoms with E-state index in [1.54, 1.807) is 0 Å². The molecule has 1 aromatic carbocycles. The Balaban J connectivity index is 1.42. The van der Waals surface area contributed by atoms with Crippen molar-refractivity contribution in [1.82, 2.24) is 15.5 Å². The normalized spacial score (nSPS) is 27.7. The molecule has 0 spiro atoms. The summed E-state index contributed by atoms with van der Waals surface area (Å²) in [5, 5.41) is 9.50. The van der Waals surface area contributed by atoms with Crippen molar-refractivity contribution in [2.45, 2.75) is 50.9 Å². The molecule has 0 saturated carbocycles. The van der Waals surface area contributed by atoms with Crippen LogP contribution >= 0.6 is 0 Å². The van der Waals surface area contributed by atoms with E-state index in [4.69, 9.17) is 0 Å². The number of hydrogen-bond donors (Lipinski definition) is 3. The minimum atomic E-state index is -0.186. The van der Waals surface area contributed by atoms with Crippen molar-refractivity contribution >= 4 is 17.5 Å². The van der Waals surface area contributed by atoms with E-state index >= 15 is 0 Å².